The normalized spacial score (nSPS) is 20.6. The van der Waals surface area contributed by atoms with Crippen LogP contribution in [0.4, 0.5) is 4.39 Å². The van der Waals surface area contributed by atoms with Crippen LogP contribution >= 0.6 is 0 Å². The Labute approximate surface area is 118 Å². The fraction of sp³-hybridized carbons (Fsp3) is 0.412. The van der Waals surface area contributed by atoms with E-state index in [1.165, 1.54) is 17.7 Å². The number of allylic oxidation sites excluding steroid dienone is 2. The molecule has 1 spiro atoms. The summed E-state index contributed by atoms with van der Waals surface area (Å²) in [5.41, 5.74) is 2.17. The highest BCUT2D eigenvalue weighted by Gasteiger charge is 2.38. The number of rotatable bonds is 0. The van der Waals surface area contributed by atoms with Gasteiger partial charge in [0.25, 0.3) is 0 Å². The highest BCUT2D eigenvalue weighted by Crippen LogP contribution is 2.37. The lowest BCUT2D eigenvalue weighted by Crippen LogP contribution is -2.33. The summed E-state index contributed by atoms with van der Waals surface area (Å²) < 4.78 is 24.1. The Kier molecular flexibility index (Phi) is 3.86. The van der Waals surface area contributed by atoms with Crippen LogP contribution in [0.1, 0.15) is 31.2 Å². The summed E-state index contributed by atoms with van der Waals surface area (Å²) in [6.07, 6.45) is 5.75. The lowest BCUT2D eigenvalue weighted by Gasteiger charge is -2.32. The SMILES string of the molecule is Fc1ccc(C#CC=C2CCC3(CC2)OCCO3)cc1. The molecule has 3 rings (SSSR count). The first-order valence-corrected chi connectivity index (χ1v) is 6.99. The van der Waals surface area contributed by atoms with Crippen molar-refractivity contribution in [1.82, 2.24) is 0 Å². The van der Waals surface area contributed by atoms with Crippen LogP contribution in [0.5, 0.6) is 0 Å². The van der Waals surface area contributed by atoms with Gasteiger partial charge in [-0.3, -0.25) is 0 Å². The molecule has 0 amide bonds. The summed E-state index contributed by atoms with van der Waals surface area (Å²) in [6, 6.07) is 6.24. The van der Waals surface area contributed by atoms with Crippen molar-refractivity contribution < 1.29 is 13.9 Å². The Morgan fingerprint density at radius 3 is 2.35 bits per heavy atom. The van der Waals surface area contributed by atoms with Crippen molar-refractivity contribution in [3.8, 4) is 11.8 Å². The minimum absolute atomic E-state index is 0.233. The molecule has 1 aliphatic carbocycles. The lowest BCUT2D eigenvalue weighted by molar-refractivity contribution is -0.171. The van der Waals surface area contributed by atoms with Gasteiger partial charge in [-0.25, -0.2) is 4.39 Å². The summed E-state index contributed by atoms with van der Waals surface area (Å²) in [5.74, 6) is 5.53. The first-order chi connectivity index (χ1) is 9.76. The summed E-state index contributed by atoms with van der Waals surface area (Å²) in [7, 11) is 0. The monoisotopic (exact) mass is 272 g/mol. The summed E-state index contributed by atoms with van der Waals surface area (Å²) in [5, 5.41) is 0. The first-order valence-electron chi connectivity index (χ1n) is 6.99. The minimum Gasteiger partial charge on any atom is -0.348 e. The smallest absolute Gasteiger partial charge is 0.169 e. The van der Waals surface area contributed by atoms with Crippen LogP contribution < -0.4 is 0 Å². The van der Waals surface area contributed by atoms with Crippen molar-refractivity contribution in [2.45, 2.75) is 31.5 Å². The van der Waals surface area contributed by atoms with E-state index in [1.54, 1.807) is 12.1 Å². The lowest BCUT2D eigenvalue weighted by atomic mass is 9.89. The Balaban J connectivity index is 1.59. The molecule has 1 aromatic rings. The quantitative estimate of drug-likeness (QED) is 0.674. The van der Waals surface area contributed by atoms with Gasteiger partial charge < -0.3 is 9.47 Å². The Morgan fingerprint density at radius 2 is 1.70 bits per heavy atom. The molecule has 0 N–H and O–H groups in total. The fourth-order valence-corrected chi connectivity index (χ4v) is 2.64. The Morgan fingerprint density at radius 1 is 1.05 bits per heavy atom. The van der Waals surface area contributed by atoms with E-state index in [1.807, 2.05) is 6.08 Å². The molecule has 0 aromatic heterocycles. The maximum Gasteiger partial charge on any atom is 0.169 e. The van der Waals surface area contributed by atoms with Crippen molar-refractivity contribution >= 4 is 0 Å². The number of hydrogen-bond acceptors (Lipinski definition) is 2. The first kappa shape index (κ1) is 13.4. The largest absolute Gasteiger partial charge is 0.348 e. The van der Waals surface area contributed by atoms with Gasteiger partial charge in [0.05, 0.1) is 13.2 Å². The van der Waals surface area contributed by atoms with E-state index in [0.717, 1.165) is 31.2 Å². The molecule has 1 heterocycles. The molecule has 0 bridgehead atoms. The third kappa shape index (κ3) is 3.09. The van der Waals surface area contributed by atoms with E-state index in [0.29, 0.717) is 13.2 Å². The third-order valence-electron chi connectivity index (χ3n) is 3.80. The highest BCUT2D eigenvalue weighted by atomic mass is 19.1. The van der Waals surface area contributed by atoms with Gasteiger partial charge in [-0.15, -0.1) is 0 Å². The molecule has 2 fully saturated rings. The second-order valence-electron chi connectivity index (χ2n) is 5.19. The van der Waals surface area contributed by atoms with Crippen molar-refractivity contribution in [2.75, 3.05) is 13.2 Å². The molecule has 1 aromatic carbocycles. The number of ether oxygens (including phenoxy) is 2. The zero-order valence-electron chi connectivity index (χ0n) is 11.3. The molecular weight excluding hydrogens is 255 g/mol. The van der Waals surface area contributed by atoms with Gasteiger partial charge in [0.2, 0.25) is 0 Å². The van der Waals surface area contributed by atoms with Gasteiger partial charge in [-0.05, 0) is 43.2 Å². The second-order valence-corrected chi connectivity index (χ2v) is 5.19. The molecule has 1 aliphatic heterocycles. The van der Waals surface area contributed by atoms with Crippen LogP contribution in [-0.2, 0) is 9.47 Å². The van der Waals surface area contributed by atoms with Crippen molar-refractivity contribution in [3.63, 3.8) is 0 Å². The Bertz CT molecular complexity index is 545. The predicted octanol–water partition coefficient (Wildman–Crippen LogP) is 3.42. The maximum absolute atomic E-state index is 12.8. The van der Waals surface area contributed by atoms with Gasteiger partial charge in [-0.2, -0.15) is 0 Å². The van der Waals surface area contributed by atoms with E-state index in [2.05, 4.69) is 11.8 Å². The molecule has 0 radical (unpaired) electrons. The molecule has 2 aliphatic rings. The molecule has 1 saturated heterocycles. The molecule has 20 heavy (non-hydrogen) atoms. The van der Waals surface area contributed by atoms with Gasteiger partial charge in [-0.1, -0.05) is 17.4 Å². The fourth-order valence-electron chi connectivity index (χ4n) is 2.64. The molecule has 2 nitrogen and oxygen atoms in total. The van der Waals surface area contributed by atoms with Crippen LogP contribution in [0.25, 0.3) is 0 Å². The van der Waals surface area contributed by atoms with E-state index in [4.69, 9.17) is 9.47 Å². The summed E-state index contributed by atoms with van der Waals surface area (Å²) in [4.78, 5) is 0. The van der Waals surface area contributed by atoms with Crippen LogP contribution in [-0.4, -0.2) is 19.0 Å². The van der Waals surface area contributed by atoms with E-state index in [9.17, 15) is 4.39 Å². The minimum atomic E-state index is -0.318. The highest BCUT2D eigenvalue weighted by molar-refractivity contribution is 5.37. The standard InChI is InChI=1S/C17H17FO2/c18-16-6-4-14(5-7-16)2-1-3-15-8-10-17(11-9-15)19-12-13-20-17/h3-7H,8-13H2. The topological polar surface area (TPSA) is 18.5 Å². The Hall–Kier alpha value is -1.63. The molecular formula is C17H17FO2. The van der Waals surface area contributed by atoms with Gasteiger partial charge >= 0.3 is 0 Å². The van der Waals surface area contributed by atoms with Gasteiger partial charge in [0, 0.05) is 18.4 Å². The molecule has 0 unspecified atom stereocenters. The van der Waals surface area contributed by atoms with Crippen molar-refractivity contribution in [2.24, 2.45) is 0 Å². The predicted molar refractivity (Wildman–Crippen MR) is 74.5 cm³/mol. The number of benzene rings is 1. The van der Waals surface area contributed by atoms with E-state index < -0.39 is 0 Å². The molecule has 1 saturated carbocycles. The second kappa shape index (κ2) is 5.78. The summed E-state index contributed by atoms with van der Waals surface area (Å²) >= 11 is 0. The molecule has 104 valence electrons. The molecule has 3 heteroatoms. The van der Waals surface area contributed by atoms with Crippen LogP contribution in [0.3, 0.4) is 0 Å². The summed E-state index contributed by atoms with van der Waals surface area (Å²) in [6.45, 7) is 1.42. The van der Waals surface area contributed by atoms with E-state index >= 15 is 0 Å². The van der Waals surface area contributed by atoms with Crippen LogP contribution in [0.15, 0.2) is 35.9 Å². The third-order valence-corrected chi connectivity index (χ3v) is 3.80. The maximum atomic E-state index is 12.8. The van der Waals surface area contributed by atoms with E-state index in [-0.39, 0.29) is 11.6 Å². The van der Waals surface area contributed by atoms with Gasteiger partial charge in [0.15, 0.2) is 5.79 Å². The zero-order valence-corrected chi connectivity index (χ0v) is 11.3. The average Bonchev–Trinajstić information content (AvgIpc) is 2.92. The van der Waals surface area contributed by atoms with Crippen LogP contribution in [0, 0.1) is 17.7 Å². The number of hydrogen-bond donors (Lipinski definition) is 0. The van der Waals surface area contributed by atoms with Crippen molar-refractivity contribution in [3.05, 3.63) is 47.3 Å². The number of halogens is 1. The zero-order chi connectivity index (χ0) is 13.8. The molecule has 0 atom stereocenters. The van der Waals surface area contributed by atoms with Crippen LogP contribution in [0.2, 0.25) is 0 Å². The average molecular weight is 272 g/mol. The van der Waals surface area contributed by atoms with Gasteiger partial charge in [0.1, 0.15) is 5.82 Å². The van der Waals surface area contributed by atoms with Crippen molar-refractivity contribution in [1.29, 1.82) is 0 Å².